The number of carbonyl (C=O) groups is 3. The van der Waals surface area contributed by atoms with Crippen LogP contribution < -0.4 is 4.74 Å². The van der Waals surface area contributed by atoms with E-state index in [4.69, 9.17) is 9.15 Å². The maximum atomic E-state index is 13.7. The SMILES string of the molecule is COc1ccc([C@@]2(CC(=O)N3CCC(c4nc5ccccc5o4)CC3)CC(=O)N(C3CC3)C2=O)cc1. The molecule has 1 aromatic heterocycles. The fraction of sp³-hybridized carbons (Fsp3) is 0.429. The predicted octanol–water partition coefficient (Wildman–Crippen LogP) is 3.79. The molecule has 3 heterocycles. The zero-order valence-corrected chi connectivity index (χ0v) is 20.3. The molecule has 3 aromatic rings. The van der Waals surface area contributed by atoms with E-state index in [2.05, 4.69) is 4.98 Å². The van der Waals surface area contributed by atoms with Gasteiger partial charge in [-0.3, -0.25) is 19.3 Å². The Morgan fingerprint density at radius 3 is 2.44 bits per heavy atom. The summed E-state index contributed by atoms with van der Waals surface area (Å²) < 4.78 is 11.2. The van der Waals surface area contributed by atoms with Crippen molar-refractivity contribution < 1.29 is 23.5 Å². The van der Waals surface area contributed by atoms with Gasteiger partial charge < -0.3 is 14.1 Å². The van der Waals surface area contributed by atoms with Gasteiger partial charge in [-0.15, -0.1) is 0 Å². The molecular formula is C28H29N3O5. The lowest BCUT2D eigenvalue weighted by Crippen LogP contribution is -2.45. The molecule has 3 fully saturated rings. The first-order valence-corrected chi connectivity index (χ1v) is 12.6. The second-order valence-corrected chi connectivity index (χ2v) is 10.1. The minimum absolute atomic E-state index is 0.0132. The quantitative estimate of drug-likeness (QED) is 0.491. The summed E-state index contributed by atoms with van der Waals surface area (Å²) in [6, 6.07) is 14.9. The van der Waals surface area contributed by atoms with Crippen LogP contribution in [0.5, 0.6) is 5.75 Å². The van der Waals surface area contributed by atoms with Crippen molar-refractivity contribution in [1.82, 2.24) is 14.8 Å². The number of oxazole rings is 1. The highest BCUT2D eigenvalue weighted by Gasteiger charge is 2.57. The van der Waals surface area contributed by atoms with Crippen molar-refractivity contribution in [3.05, 3.63) is 60.0 Å². The lowest BCUT2D eigenvalue weighted by molar-refractivity contribution is -0.143. The van der Waals surface area contributed by atoms with E-state index in [9.17, 15) is 14.4 Å². The predicted molar refractivity (Wildman–Crippen MR) is 131 cm³/mol. The molecule has 36 heavy (non-hydrogen) atoms. The minimum Gasteiger partial charge on any atom is -0.497 e. The van der Waals surface area contributed by atoms with Crippen molar-refractivity contribution in [1.29, 1.82) is 0 Å². The number of para-hydroxylation sites is 2. The third-order valence-corrected chi connectivity index (χ3v) is 7.86. The number of ether oxygens (including phenoxy) is 1. The molecule has 0 spiro atoms. The van der Waals surface area contributed by atoms with Crippen LogP contribution in [0.1, 0.15) is 55.9 Å². The average molecular weight is 488 g/mol. The maximum Gasteiger partial charge on any atom is 0.241 e. The fourth-order valence-electron chi connectivity index (χ4n) is 5.65. The molecule has 0 N–H and O–H groups in total. The van der Waals surface area contributed by atoms with Gasteiger partial charge in [0.25, 0.3) is 0 Å². The van der Waals surface area contributed by atoms with Crippen LogP contribution in [0.3, 0.4) is 0 Å². The molecule has 1 saturated carbocycles. The Morgan fingerprint density at radius 2 is 1.78 bits per heavy atom. The summed E-state index contributed by atoms with van der Waals surface area (Å²) in [5.41, 5.74) is 1.15. The summed E-state index contributed by atoms with van der Waals surface area (Å²) in [6.07, 6.45) is 3.19. The molecule has 2 aliphatic heterocycles. The van der Waals surface area contributed by atoms with Crippen LogP contribution in [0.4, 0.5) is 0 Å². The summed E-state index contributed by atoms with van der Waals surface area (Å²) in [6.45, 7) is 1.13. The number of rotatable bonds is 6. The summed E-state index contributed by atoms with van der Waals surface area (Å²) in [4.78, 5) is 48.1. The van der Waals surface area contributed by atoms with E-state index in [0.717, 1.165) is 42.7 Å². The summed E-state index contributed by atoms with van der Waals surface area (Å²) >= 11 is 0. The summed E-state index contributed by atoms with van der Waals surface area (Å²) in [5.74, 6) is 1.01. The van der Waals surface area contributed by atoms with Crippen molar-refractivity contribution in [2.75, 3.05) is 20.2 Å². The standard InChI is InChI=1S/C28H29N3O5/c1-35-21-10-6-19(7-11-21)28(17-25(33)31(27(28)34)20-8-9-20)16-24(32)30-14-12-18(13-15-30)26-29-22-4-2-3-5-23(22)36-26/h2-7,10-11,18,20H,8-9,12-17H2,1H3/t28-/m1/s1. The number of likely N-dealkylation sites (tertiary alicyclic amines) is 2. The number of methoxy groups -OCH3 is 1. The molecule has 0 radical (unpaired) electrons. The summed E-state index contributed by atoms with van der Waals surface area (Å²) in [7, 11) is 1.58. The van der Waals surface area contributed by atoms with Crippen LogP contribution in [-0.4, -0.2) is 58.7 Å². The lowest BCUT2D eigenvalue weighted by Gasteiger charge is -2.34. The highest BCUT2D eigenvalue weighted by molar-refractivity contribution is 6.11. The molecule has 6 rings (SSSR count). The third kappa shape index (κ3) is 3.85. The smallest absolute Gasteiger partial charge is 0.241 e. The van der Waals surface area contributed by atoms with Crippen molar-refractivity contribution in [3.8, 4) is 5.75 Å². The van der Waals surface area contributed by atoms with Gasteiger partial charge in [-0.25, -0.2) is 4.98 Å². The Morgan fingerprint density at radius 1 is 1.06 bits per heavy atom. The zero-order valence-electron chi connectivity index (χ0n) is 20.3. The molecule has 3 amide bonds. The molecule has 2 saturated heterocycles. The monoisotopic (exact) mass is 487 g/mol. The van der Waals surface area contributed by atoms with Crippen LogP contribution in [0.25, 0.3) is 11.1 Å². The number of hydrogen-bond acceptors (Lipinski definition) is 6. The fourth-order valence-corrected chi connectivity index (χ4v) is 5.65. The van der Waals surface area contributed by atoms with Crippen molar-refractivity contribution in [2.24, 2.45) is 0 Å². The third-order valence-electron chi connectivity index (χ3n) is 7.86. The van der Waals surface area contributed by atoms with Crippen LogP contribution >= 0.6 is 0 Å². The first kappa shape index (κ1) is 22.8. The van der Waals surface area contributed by atoms with E-state index >= 15 is 0 Å². The van der Waals surface area contributed by atoms with Gasteiger partial charge in [-0.1, -0.05) is 24.3 Å². The first-order valence-electron chi connectivity index (χ1n) is 12.6. The largest absolute Gasteiger partial charge is 0.497 e. The Kier molecular flexibility index (Phi) is 5.54. The summed E-state index contributed by atoms with van der Waals surface area (Å²) in [5, 5.41) is 0. The van der Waals surface area contributed by atoms with Gasteiger partial charge in [-0.05, 0) is 55.5 Å². The van der Waals surface area contributed by atoms with E-state index < -0.39 is 5.41 Å². The number of amides is 3. The van der Waals surface area contributed by atoms with Gasteiger partial charge in [-0.2, -0.15) is 0 Å². The number of carbonyl (C=O) groups excluding carboxylic acids is 3. The van der Waals surface area contributed by atoms with Crippen LogP contribution in [0.2, 0.25) is 0 Å². The minimum atomic E-state index is -1.17. The molecule has 0 unspecified atom stereocenters. The molecule has 3 aliphatic rings. The molecule has 8 heteroatoms. The average Bonchev–Trinajstić information content (AvgIpc) is 3.58. The molecule has 1 aliphatic carbocycles. The highest BCUT2D eigenvalue weighted by Crippen LogP contribution is 2.45. The second-order valence-electron chi connectivity index (χ2n) is 10.1. The Balaban J connectivity index is 1.20. The molecule has 0 bridgehead atoms. The van der Waals surface area contributed by atoms with Gasteiger partial charge in [0.1, 0.15) is 11.3 Å². The first-order chi connectivity index (χ1) is 17.5. The highest BCUT2D eigenvalue weighted by atomic mass is 16.5. The molecule has 8 nitrogen and oxygen atoms in total. The van der Waals surface area contributed by atoms with Gasteiger partial charge in [0.15, 0.2) is 11.5 Å². The number of nitrogens with zero attached hydrogens (tertiary/aromatic N) is 3. The molecule has 186 valence electrons. The topological polar surface area (TPSA) is 92.9 Å². The maximum absolute atomic E-state index is 13.7. The van der Waals surface area contributed by atoms with Crippen molar-refractivity contribution >= 4 is 28.8 Å². The van der Waals surface area contributed by atoms with Gasteiger partial charge in [0.2, 0.25) is 17.7 Å². The van der Waals surface area contributed by atoms with E-state index in [-0.39, 0.29) is 42.5 Å². The number of imide groups is 1. The zero-order chi connectivity index (χ0) is 24.9. The normalized spacial score (nSPS) is 23.0. The number of aromatic nitrogens is 1. The molecule has 1 atom stereocenters. The van der Waals surface area contributed by atoms with Crippen LogP contribution in [-0.2, 0) is 19.8 Å². The van der Waals surface area contributed by atoms with E-state index in [1.807, 2.05) is 41.3 Å². The van der Waals surface area contributed by atoms with Gasteiger partial charge >= 0.3 is 0 Å². The second kappa shape index (κ2) is 8.76. The van der Waals surface area contributed by atoms with E-state index in [1.165, 1.54) is 4.90 Å². The molecule has 2 aromatic carbocycles. The number of fused-ring (bicyclic) bond motifs is 1. The molecular weight excluding hydrogens is 458 g/mol. The lowest BCUT2D eigenvalue weighted by atomic mass is 9.75. The number of piperidine rings is 1. The Hall–Kier alpha value is -3.68. The number of benzene rings is 2. The van der Waals surface area contributed by atoms with E-state index in [1.54, 1.807) is 19.2 Å². The number of hydrogen-bond donors (Lipinski definition) is 0. The van der Waals surface area contributed by atoms with Crippen LogP contribution in [0, 0.1) is 0 Å². The van der Waals surface area contributed by atoms with Gasteiger partial charge in [0.05, 0.1) is 12.5 Å². The van der Waals surface area contributed by atoms with Crippen molar-refractivity contribution in [3.63, 3.8) is 0 Å². The van der Waals surface area contributed by atoms with Crippen LogP contribution in [0.15, 0.2) is 52.9 Å². The Bertz CT molecular complexity index is 1290. The Labute approximate surface area is 209 Å². The van der Waals surface area contributed by atoms with E-state index in [0.29, 0.717) is 24.4 Å². The van der Waals surface area contributed by atoms with Crippen molar-refractivity contribution in [2.45, 2.75) is 55.9 Å². The van der Waals surface area contributed by atoms with Gasteiger partial charge in [0, 0.05) is 37.9 Å².